The number of amides is 2. The number of ether oxygens (including phenoxy) is 1. The Morgan fingerprint density at radius 1 is 1.03 bits per heavy atom. The van der Waals surface area contributed by atoms with E-state index in [1.54, 1.807) is 0 Å². The van der Waals surface area contributed by atoms with E-state index in [1.807, 2.05) is 18.2 Å². The number of anilines is 2. The summed E-state index contributed by atoms with van der Waals surface area (Å²) in [5.41, 5.74) is 4.87. The zero-order valence-electron chi connectivity index (χ0n) is 22.4. The number of carbonyl (C=O) groups is 2. The van der Waals surface area contributed by atoms with E-state index in [1.165, 1.54) is 11.1 Å². The largest absolute Gasteiger partial charge is 0.379 e. The summed E-state index contributed by atoms with van der Waals surface area (Å²) in [6.45, 7) is 10.5. The van der Waals surface area contributed by atoms with E-state index < -0.39 is 0 Å². The highest BCUT2D eigenvalue weighted by Crippen LogP contribution is 2.30. The van der Waals surface area contributed by atoms with Crippen LogP contribution >= 0.6 is 0 Å². The molecule has 200 valence electrons. The van der Waals surface area contributed by atoms with Crippen LogP contribution in [0.1, 0.15) is 61.0 Å². The molecule has 2 aromatic rings. The lowest BCUT2D eigenvalue weighted by Gasteiger charge is -2.32. The molecule has 2 aromatic carbocycles. The second kappa shape index (κ2) is 13.6. The van der Waals surface area contributed by atoms with Crippen molar-refractivity contribution in [2.75, 3.05) is 56.2 Å². The van der Waals surface area contributed by atoms with Crippen LogP contribution in [0, 0.1) is 5.92 Å². The number of nitrogens with one attached hydrogen (secondary N) is 2. The minimum Gasteiger partial charge on any atom is -0.379 e. The van der Waals surface area contributed by atoms with E-state index in [4.69, 9.17) is 4.74 Å². The molecule has 0 bridgehead atoms. The molecule has 7 heteroatoms. The molecule has 0 aromatic heterocycles. The SMILES string of the molecule is CCCCC(CC)C(=O)Nc1ccc(N2CCc3ccccc3C2)c(C(=O)NCCN2CCOCC2)c1. The molecule has 2 heterocycles. The van der Waals surface area contributed by atoms with Crippen molar-refractivity contribution in [3.63, 3.8) is 0 Å². The van der Waals surface area contributed by atoms with Crippen LogP contribution in [0.2, 0.25) is 0 Å². The number of hydrogen-bond donors (Lipinski definition) is 2. The van der Waals surface area contributed by atoms with Gasteiger partial charge in [-0.15, -0.1) is 0 Å². The van der Waals surface area contributed by atoms with E-state index in [2.05, 4.69) is 58.5 Å². The van der Waals surface area contributed by atoms with Crippen LogP contribution in [0.25, 0.3) is 0 Å². The lowest BCUT2D eigenvalue weighted by Crippen LogP contribution is -2.41. The van der Waals surface area contributed by atoms with Gasteiger partial charge in [-0.2, -0.15) is 0 Å². The first kappa shape index (κ1) is 27.1. The van der Waals surface area contributed by atoms with Crippen molar-refractivity contribution in [1.29, 1.82) is 0 Å². The van der Waals surface area contributed by atoms with Gasteiger partial charge in [0.1, 0.15) is 0 Å². The molecule has 0 spiro atoms. The maximum Gasteiger partial charge on any atom is 0.253 e. The summed E-state index contributed by atoms with van der Waals surface area (Å²) in [5.74, 6) is -0.0745. The lowest BCUT2D eigenvalue weighted by atomic mass is 9.97. The highest BCUT2D eigenvalue weighted by atomic mass is 16.5. The molecular formula is C30H42N4O3. The number of benzene rings is 2. The first-order valence-electron chi connectivity index (χ1n) is 13.9. The first-order chi connectivity index (χ1) is 18.1. The predicted molar refractivity (Wildman–Crippen MR) is 149 cm³/mol. The molecular weight excluding hydrogens is 464 g/mol. The van der Waals surface area contributed by atoms with E-state index in [9.17, 15) is 9.59 Å². The molecule has 1 atom stereocenters. The summed E-state index contributed by atoms with van der Waals surface area (Å²) < 4.78 is 5.43. The zero-order valence-corrected chi connectivity index (χ0v) is 22.4. The lowest BCUT2D eigenvalue weighted by molar-refractivity contribution is -0.120. The monoisotopic (exact) mass is 506 g/mol. The fourth-order valence-corrected chi connectivity index (χ4v) is 5.24. The average Bonchev–Trinajstić information content (AvgIpc) is 2.93. The molecule has 2 aliphatic rings. The summed E-state index contributed by atoms with van der Waals surface area (Å²) in [6.07, 6.45) is 4.76. The number of hydrogen-bond acceptors (Lipinski definition) is 5. The predicted octanol–water partition coefficient (Wildman–Crippen LogP) is 4.47. The van der Waals surface area contributed by atoms with Gasteiger partial charge in [0.25, 0.3) is 5.91 Å². The summed E-state index contributed by atoms with van der Waals surface area (Å²) in [4.78, 5) is 31.0. The Hall–Kier alpha value is -2.90. The highest BCUT2D eigenvalue weighted by molar-refractivity contribution is 6.02. The highest BCUT2D eigenvalue weighted by Gasteiger charge is 2.23. The topological polar surface area (TPSA) is 73.9 Å². The minimum atomic E-state index is -0.101. The molecule has 0 radical (unpaired) electrons. The van der Waals surface area contributed by atoms with Gasteiger partial charge >= 0.3 is 0 Å². The zero-order chi connectivity index (χ0) is 26.0. The Balaban J connectivity index is 1.51. The summed E-state index contributed by atoms with van der Waals surface area (Å²) in [6, 6.07) is 14.3. The normalized spacial score (nSPS) is 16.6. The third-order valence-corrected chi connectivity index (χ3v) is 7.57. The second-order valence-corrected chi connectivity index (χ2v) is 10.1. The number of nitrogens with zero attached hydrogens (tertiary/aromatic N) is 2. The van der Waals surface area contributed by atoms with Crippen LogP contribution < -0.4 is 15.5 Å². The van der Waals surface area contributed by atoms with Gasteiger partial charge < -0.3 is 20.3 Å². The Morgan fingerprint density at radius 3 is 2.57 bits per heavy atom. The van der Waals surface area contributed by atoms with E-state index >= 15 is 0 Å². The maximum atomic E-state index is 13.5. The van der Waals surface area contributed by atoms with E-state index in [0.29, 0.717) is 17.8 Å². The van der Waals surface area contributed by atoms with Crippen molar-refractivity contribution < 1.29 is 14.3 Å². The fraction of sp³-hybridized carbons (Fsp3) is 0.533. The molecule has 2 N–H and O–H groups in total. The summed E-state index contributed by atoms with van der Waals surface area (Å²) >= 11 is 0. The van der Waals surface area contributed by atoms with Crippen molar-refractivity contribution in [3.05, 3.63) is 59.2 Å². The van der Waals surface area contributed by atoms with Gasteiger partial charge in [-0.1, -0.05) is 51.0 Å². The van der Waals surface area contributed by atoms with Crippen LogP contribution in [-0.4, -0.2) is 62.7 Å². The minimum absolute atomic E-state index is 0.0102. The molecule has 2 aliphatic heterocycles. The Morgan fingerprint density at radius 2 is 1.81 bits per heavy atom. The van der Waals surface area contributed by atoms with Crippen molar-refractivity contribution in [3.8, 4) is 0 Å². The summed E-state index contributed by atoms with van der Waals surface area (Å²) in [5, 5.41) is 6.22. The molecule has 0 aliphatic carbocycles. The Labute approximate surface area is 221 Å². The number of rotatable bonds is 11. The molecule has 1 saturated heterocycles. The molecule has 37 heavy (non-hydrogen) atoms. The number of fused-ring (bicyclic) bond motifs is 1. The Kier molecular flexibility index (Phi) is 9.97. The van der Waals surface area contributed by atoms with Gasteiger partial charge in [0, 0.05) is 56.6 Å². The van der Waals surface area contributed by atoms with Gasteiger partial charge in [0.2, 0.25) is 5.91 Å². The van der Waals surface area contributed by atoms with Gasteiger partial charge in [0.15, 0.2) is 0 Å². The second-order valence-electron chi connectivity index (χ2n) is 10.1. The standard InChI is InChI=1S/C30H42N4O3/c1-3-5-8-23(4-2)29(35)32-26-11-12-28(34-15-13-24-9-6-7-10-25(24)22-34)27(21-26)30(36)31-14-16-33-17-19-37-20-18-33/h6-7,9-12,21,23H,3-5,8,13-20,22H2,1-2H3,(H,31,36)(H,32,35). The Bertz CT molecular complexity index is 1050. The molecule has 4 rings (SSSR count). The molecule has 7 nitrogen and oxygen atoms in total. The molecule has 1 fully saturated rings. The average molecular weight is 507 g/mol. The molecule has 2 amide bonds. The van der Waals surface area contributed by atoms with Crippen LogP contribution in [0.15, 0.2) is 42.5 Å². The van der Waals surface area contributed by atoms with E-state index in [-0.39, 0.29) is 17.7 Å². The van der Waals surface area contributed by atoms with Crippen LogP contribution in [0.3, 0.4) is 0 Å². The molecule has 0 saturated carbocycles. The van der Waals surface area contributed by atoms with Crippen molar-refractivity contribution in [2.24, 2.45) is 5.92 Å². The van der Waals surface area contributed by atoms with Crippen molar-refractivity contribution in [2.45, 2.75) is 52.5 Å². The van der Waals surface area contributed by atoms with Crippen LogP contribution in [0.4, 0.5) is 11.4 Å². The third-order valence-electron chi connectivity index (χ3n) is 7.57. The van der Waals surface area contributed by atoms with Gasteiger partial charge in [-0.05, 0) is 48.6 Å². The van der Waals surface area contributed by atoms with Crippen LogP contribution in [0.5, 0.6) is 0 Å². The van der Waals surface area contributed by atoms with Gasteiger partial charge in [-0.25, -0.2) is 0 Å². The molecule has 1 unspecified atom stereocenters. The number of unbranched alkanes of at least 4 members (excludes halogenated alkanes) is 1. The van der Waals surface area contributed by atoms with Crippen molar-refractivity contribution >= 4 is 23.2 Å². The van der Waals surface area contributed by atoms with Gasteiger partial charge in [0.05, 0.1) is 18.8 Å². The number of carbonyl (C=O) groups excluding carboxylic acids is 2. The maximum absolute atomic E-state index is 13.5. The van der Waals surface area contributed by atoms with E-state index in [0.717, 1.165) is 83.7 Å². The summed E-state index contributed by atoms with van der Waals surface area (Å²) in [7, 11) is 0. The van der Waals surface area contributed by atoms with Crippen LogP contribution in [-0.2, 0) is 22.5 Å². The quantitative estimate of drug-likeness (QED) is 0.471. The van der Waals surface area contributed by atoms with Crippen molar-refractivity contribution in [1.82, 2.24) is 10.2 Å². The fourth-order valence-electron chi connectivity index (χ4n) is 5.24. The smallest absolute Gasteiger partial charge is 0.253 e. The first-order valence-corrected chi connectivity index (χ1v) is 13.9. The van der Waals surface area contributed by atoms with Gasteiger partial charge in [-0.3, -0.25) is 14.5 Å². The third kappa shape index (κ3) is 7.33. The number of morpholine rings is 1.